The van der Waals surface area contributed by atoms with Gasteiger partial charge in [-0.2, -0.15) is 0 Å². The highest BCUT2D eigenvalue weighted by molar-refractivity contribution is 5.44. The topological polar surface area (TPSA) is 63.9 Å². The third-order valence-corrected chi connectivity index (χ3v) is 5.23. The standard InChI is InChI=1S/C18H27NO3/c1-11(2)5-13-9-19-4-3-12-6-14(10-20)17(21)7-15(12)16(19)8-18(13)22/h6-7,11,13,16,18,20-22H,3-5,8-10H2,1-2H3/t13-,16?,18?/m1/s1. The van der Waals surface area contributed by atoms with E-state index in [4.69, 9.17) is 0 Å². The van der Waals surface area contributed by atoms with Crippen LogP contribution in [0.15, 0.2) is 12.1 Å². The third kappa shape index (κ3) is 2.87. The smallest absolute Gasteiger partial charge is 0.121 e. The summed E-state index contributed by atoms with van der Waals surface area (Å²) < 4.78 is 0. The molecule has 3 rings (SSSR count). The second kappa shape index (κ2) is 6.19. The maximum Gasteiger partial charge on any atom is 0.121 e. The van der Waals surface area contributed by atoms with Gasteiger partial charge in [-0.15, -0.1) is 0 Å². The molecule has 4 nitrogen and oxygen atoms in total. The van der Waals surface area contributed by atoms with Gasteiger partial charge in [-0.3, -0.25) is 4.90 Å². The number of hydrogen-bond donors (Lipinski definition) is 3. The summed E-state index contributed by atoms with van der Waals surface area (Å²) in [5.41, 5.74) is 2.93. The number of aromatic hydroxyl groups is 1. The summed E-state index contributed by atoms with van der Waals surface area (Å²) in [6.07, 6.45) is 2.48. The van der Waals surface area contributed by atoms with Gasteiger partial charge in [0.25, 0.3) is 0 Å². The van der Waals surface area contributed by atoms with Gasteiger partial charge in [0, 0.05) is 24.7 Å². The summed E-state index contributed by atoms with van der Waals surface area (Å²) in [7, 11) is 0. The molecule has 0 aromatic heterocycles. The van der Waals surface area contributed by atoms with E-state index in [1.165, 1.54) is 5.56 Å². The number of benzene rings is 1. The summed E-state index contributed by atoms with van der Waals surface area (Å²) in [6, 6.07) is 3.92. The molecule has 2 aliphatic heterocycles. The van der Waals surface area contributed by atoms with Gasteiger partial charge in [0.2, 0.25) is 0 Å². The third-order valence-electron chi connectivity index (χ3n) is 5.23. The van der Waals surface area contributed by atoms with Crippen LogP contribution in [0.2, 0.25) is 0 Å². The fraction of sp³-hybridized carbons (Fsp3) is 0.667. The zero-order valence-corrected chi connectivity index (χ0v) is 13.5. The number of nitrogens with zero attached hydrogens (tertiary/aromatic N) is 1. The molecule has 2 aliphatic rings. The van der Waals surface area contributed by atoms with Crippen LogP contribution in [0.3, 0.4) is 0 Å². The van der Waals surface area contributed by atoms with Crippen LogP contribution in [0, 0.1) is 11.8 Å². The minimum atomic E-state index is -0.269. The Hall–Kier alpha value is -1.10. The molecule has 0 saturated carbocycles. The molecule has 0 aliphatic carbocycles. The molecule has 1 saturated heterocycles. The van der Waals surface area contributed by atoms with Gasteiger partial charge in [0.15, 0.2) is 0 Å². The van der Waals surface area contributed by atoms with Crippen LogP contribution in [0.5, 0.6) is 5.75 Å². The zero-order chi connectivity index (χ0) is 15.9. The van der Waals surface area contributed by atoms with Gasteiger partial charge in [0.1, 0.15) is 5.75 Å². The monoisotopic (exact) mass is 305 g/mol. The number of piperidine rings is 1. The van der Waals surface area contributed by atoms with Gasteiger partial charge in [-0.25, -0.2) is 0 Å². The normalized spacial score (nSPS) is 28.5. The Morgan fingerprint density at radius 2 is 2.09 bits per heavy atom. The number of aliphatic hydroxyl groups excluding tert-OH is 2. The molecule has 0 radical (unpaired) electrons. The Labute approximate surface area is 132 Å². The summed E-state index contributed by atoms with van der Waals surface area (Å²) in [6.45, 7) is 6.21. The van der Waals surface area contributed by atoms with E-state index in [2.05, 4.69) is 18.7 Å². The van der Waals surface area contributed by atoms with E-state index in [1.807, 2.05) is 6.07 Å². The molecular weight excluding hydrogens is 278 g/mol. The first-order valence-corrected chi connectivity index (χ1v) is 8.37. The first kappa shape index (κ1) is 15.8. The molecule has 0 spiro atoms. The molecular formula is C18H27NO3. The summed E-state index contributed by atoms with van der Waals surface area (Å²) >= 11 is 0. The van der Waals surface area contributed by atoms with Crippen LogP contribution in [0.1, 0.15) is 49.4 Å². The molecule has 1 fully saturated rings. The van der Waals surface area contributed by atoms with Crippen LogP contribution in [0.25, 0.3) is 0 Å². The van der Waals surface area contributed by atoms with Gasteiger partial charge in [-0.05, 0) is 54.4 Å². The van der Waals surface area contributed by atoms with Crippen molar-refractivity contribution >= 4 is 0 Å². The fourth-order valence-electron chi connectivity index (χ4n) is 4.15. The van der Waals surface area contributed by atoms with E-state index in [-0.39, 0.29) is 24.5 Å². The first-order valence-electron chi connectivity index (χ1n) is 8.37. The van der Waals surface area contributed by atoms with Gasteiger partial charge >= 0.3 is 0 Å². The minimum absolute atomic E-state index is 0.132. The quantitative estimate of drug-likeness (QED) is 0.801. The average molecular weight is 305 g/mol. The van der Waals surface area contributed by atoms with Gasteiger partial charge in [0.05, 0.1) is 12.7 Å². The molecule has 0 amide bonds. The lowest BCUT2D eigenvalue weighted by atomic mass is 9.79. The van der Waals surface area contributed by atoms with E-state index in [9.17, 15) is 15.3 Å². The largest absolute Gasteiger partial charge is 0.508 e. The fourth-order valence-corrected chi connectivity index (χ4v) is 4.15. The maximum absolute atomic E-state index is 10.5. The second-order valence-corrected chi connectivity index (χ2v) is 7.29. The lowest BCUT2D eigenvalue weighted by molar-refractivity contribution is -0.0191. The van der Waals surface area contributed by atoms with Crippen molar-refractivity contribution < 1.29 is 15.3 Å². The van der Waals surface area contributed by atoms with Crippen LogP contribution in [-0.2, 0) is 13.0 Å². The molecule has 1 aromatic carbocycles. The van der Waals surface area contributed by atoms with Gasteiger partial charge in [-0.1, -0.05) is 13.8 Å². The number of hydrogen-bond acceptors (Lipinski definition) is 4. The molecule has 22 heavy (non-hydrogen) atoms. The van der Waals surface area contributed by atoms with Crippen molar-refractivity contribution in [3.05, 3.63) is 28.8 Å². The van der Waals surface area contributed by atoms with Crippen LogP contribution < -0.4 is 0 Å². The summed E-state index contributed by atoms with van der Waals surface area (Å²) in [5.74, 6) is 1.12. The number of aliphatic hydroxyl groups is 2. The summed E-state index contributed by atoms with van der Waals surface area (Å²) in [4.78, 5) is 2.46. The predicted octanol–water partition coefficient (Wildman–Crippen LogP) is 2.21. The Morgan fingerprint density at radius 1 is 1.32 bits per heavy atom. The van der Waals surface area contributed by atoms with Crippen LogP contribution in [-0.4, -0.2) is 39.4 Å². The van der Waals surface area contributed by atoms with E-state index >= 15 is 0 Å². The highest BCUT2D eigenvalue weighted by Gasteiger charge is 2.38. The Kier molecular flexibility index (Phi) is 4.44. The second-order valence-electron chi connectivity index (χ2n) is 7.29. The lowest BCUT2D eigenvalue weighted by Crippen LogP contribution is -2.48. The van der Waals surface area contributed by atoms with Crippen LogP contribution in [0.4, 0.5) is 0 Å². The Bertz CT molecular complexity index is 543. The SMILES string of the molecule is CC(C)C[C@@H]1CN2CCc3cc(CO)c(O)cc3C2CC1O. The molecule has 3 N–H and O–H groups in total. The zero-order valence-electron chi connectivity index (χ0n) is 13.5. The molecule has 4 heteroatoms. The van der Waals surface area contributed by atoms with Crippen molar-refractivity contribution in [1.29, 1.82) is 0 Å². The molecule has 122 valence electrons. The van der Waals surface area contributed by atoms with Crippen molar-refractivity contribution in [1.82, 2.24) is 4.90 Å². The molecule has 2 unspecified atom stereocenters. The van der Waals surface area contributed by atoms with Gasteiger partial charge < -0.3 is 15.3 Å². The Morgan fingerprint density at radius 3 is 2.77 bits per heavy atom. The molecule has 2 heterocycles. The Balaban J connectivity index is 1.85. The van der Waals surface area contributed by atoms with E-state index in [0.29, 0.717) is 17.4 Å². The highest BCUT2D eigenvalue weighted by Crippen LogP contribution is 2.41. The van der Waals surface area contributed by atoms with Crippen LogP contribution >= 0.6 is 0 Å². The van der Waals surface area contributed by atoms with Crippen molar-refractivity contribution in [2.45, 2.75) is 51.9 Å². The number of phenols is 1. The highest BCUT2D eigenvalue weighted by atomic mass is 16.3. The summed E-state index contributed by atoms with van der Waals surface area (Å²) in [5, 5.41) is 29.9. The number of rotatable bonds is 3. The van der Waals surface area contributed by atoms with Crippen molar-refractivity contribution in [2.24, 2.45) is 11.8 Å². The first-order chi connectivity index (χ1) is 10.5. The molecule has 3 atom stereocenters. The molecule has 0 bridgehead atoms. The maximum atomic E-state index is 10.5. The van der Waals surface area contributed by atoms with E-state index in [1.54, 1.807) is 6.07 Å². The lowest BCUT2D eigenvalue weighted by Gasteiger charge is -2.46. The van der Waals surface area contributed by atoms with Crippen molar-refractivity contribution in [2.75, 3.05) is 13.1 Å². The van der Waals surface area contributed by atoms with E-state index < -0.39 is 0 Å². The minimum Gasteiger partial charge on any atom is -0.508 e. The van der Waals surface area contributed by atoms with Crippen molar-refractivity contribution in [3.8, 4) is 5.75 Å². The predicted molar refractivity (Wildman–Crippen MR) is 85.6 cm³/mol. The number of fused-ring (bicyclic) bond motifs is 3. The van der Waals surface area contributed by atoms with E-state index in [0.717, 1.165) is 37.9 Å². The van der Waals surface area contributed by atoms with Crippen molar-refractivity contribution in [3.63, 3.8) is 0 Å². The average Bonchev–Trinajstić information content (AvgIpc) is 2.47. The molecule has 1 aromatic rings.